The number of carbonyl (C=O) groups excluding carboxylic acids is 1. The SMILES string of the molecule is O=Cn1nc(Cl)c2ccccc21. The van der Waals surface area contributed by atoms with Gasteiger partial charge in [-0.05, 0) is 12.1 Å². The van der Waals surface area contributed by atoms with Crippen LogP contribution in [-0.4, -0.2) is 16.2 Å². The summed E-state index contributed by atoms with van der Waals surface area (Å²) in [7, 11) is 0. The van der Waals surface area contributed by atoms with Crippen LogP contribution in [0.4, 0.5) is 0 Å². The fourth-order valence-electron chi connectivity index (χ4n) is 1.13. The lowest BCUT2D eigenvalue weighted by Crippen LogP contribution is -1.95. The quantitative estimate of drug-likeness (QED) is 0.627. The van der Waals surface area contributed by atoms with Crippen molar-refractivity contribution in [3.05, 3.63) is 29.4 Å². The number of carbonyl (C=O) groups is 1. The third kappa shape index (κ3) is 0.905. The number of aromatic nitrogens is 2. The lowest BCUT2D eigenvalue weighted by molar-refractivity contribution is 0.543. The summed E-state index contributed by atoms with van der Waals surface area (Å²) in [5, 5.41) is 4.98. The molecule has 1 aromatic carbocycles. The van der Waals surface area contributed by atoms with Crippen LogP contribution in [0.1, 0.15) is 0 Å². The monoisotopic (exact) mass is 180 g/mol. The highest BCUT2D eigenvalue weighted by Crippen LogP contribution is 2.20. The molecule has 0 aliphatic heterocycles. The van der Waals surface area contributed by atoms with E-state index in [4.69, 9.17) is 11.6 Å². The van der Waals surface area contributed by atoms with Crippen LogP contribution >= 0.6 is 11.6 Å². The summed E-state index contributed by atoms with van der Waals surface area (Å²) < 4.78 is 1.22. The van der Waals surface area contributed by atoms with Crippen LogP contribution in [0.25, 0.3) is 10.9 Å². The Balaban J connectivity index is 2.91. The van der Waals surface area contributed by atoms with Gasteiger partial charge in [0.25, 0.3) is 0 Å². The maximum atomic E-state index is 10.5. The maximum absolute atomic E-state index is 10.5. The molecule has 2 aromatic rings. The van der Waals surface area contributed by atoms with Crippen LogP contribution in [0.3, 0.4) is 0 Å². The predicted octanol–water partition coefficient (Wildman–Crippen LogP) is 1.73. The first-order chi connectivity index (χ1) is 5.83. The van der Waals surface area contributed by atoms with Crippen molar-refractivity contribution < 1.29 is 4.79 Å². The van der Waals surface area contributed by atoms with Crippen molar-refractivity contribution in [2.45, 2.75) is 0 Å². The minimum atomic E-state index is 0.359. The number of halogens is 1. The molecule has 4 heteroatoms. The molecule has 3 nitrogen and oxygen atoms in total. The van der Waals surface area contributed by atoms with Gasteiger partial charge in [-0.2, -0.15) is 5.10 Å². The Morgan fingerprint density at radius 3 is 2.92 bits per heavy atom. The molecule has 2 rings (SSSR count). The molecule has 60 valence electrons. The summed E-state index contributed by atoms with van der Waals surface area (Å²) in [6, 6.07) is 7.30. The Morgan fingerprint density at radius 1 is 1.42 bits per heavy atom. The van der Waals surface area contributed by atoms with Crippen molar-refractivity contribution in [2.75, 3.05) is 0 Å². The number of fused-ring (bicyclic) bond motifs is 1. The second kappa shape index (κ2) is 2.60. The van der Waals surface area contributed by atoms with Crippen molar-refractivity contribution in [3.8, 4) is 0 Å². The van der Waals surface area contributed by atoms with Gasteiger partial charge in [-0.1, -0.05) is 23.7 Å². The standard InChI is InChI=1S/C8H5ClN2O/c9-8-6-3-1-2-4-7(6)11(5-12)10-8/h1-5H. The van der Waals surface area contributed by atoms with E-state index in [0.717, 1.165) is 10.9 Å². The third-order valence-corrected chi connectivity index (χ3v) is 1.95. The lowest BCUT2D eigenvalue weighted by atomic mass is 10.3. The van der Waals surface area contributed by atoms with E-state index in [1.807, 2.05) is 18.2 Å². The van der Waals surface area contributed by atoms with Crippen molar-refractivity contribution in [2.24, 2.45) is 0 Å². The van der Waals surface area contributed by atoms with E-state index in [1.54, 1.807) is 6.07 Å². The molecule has 0 fully saturated rings. The second-order valence-electron chi connectivity index (χ2n) is 2.36. The van der Waals surface area contributed by atoms with E-state index in [1.165, 1.54) is 4.68 Å². The number of nitrogens with zero attached hydrogens (tertiary/aromatic N) is 2. The van der Waals surface area contributed by atoms with E-state index < -0.39 is 0 Å². The smallest absolute Gasteiger partial charge is 0.234 e. The molecule has 0 aliphatic rings. The van der Waals surface area contributed by atoms with Gasteiger partial charge >= 0.3 is 0 Å². The van der Waals surface area contributed by atoms with E-state index in [2.05, 4.69) is 5.10 Å². The Hall–Kier alpha value is -1.35. The molecule has 0 saturated heterocycles. The topological polar surface area (TPSA) is 34.9 Å². The number of para-hydroxylation sites is 1. The average Bonchev–Trinajstić information content (AvgIpc) is 2.44. The van der Waals surface area contributed by atoms with Gasteiger partial charge in [0.15, 0.2) is 5.15 Å². The van der Waals surface area contributed by atoms with E-state index in [-0.39, 0.29) is 0 Å². The van der Waals surface area contributed by atoms with E-state index in [0.29, 0.717) is 11.6 Å². The van der Waals surface area contributed by atoms with Crippen molar-refractivity contribution in [1.29, 1.82) is 0 Å². The van der Waals surface area contributed by atoms with Crippen LogP contribution in [-0.2, 0) is 4.79 Å². The average molecular weight is 181 g/mol. The minimum Gasteiger partial charge on any atom is -0.276 e. The summed E-state index contributed by atoms with van der Waals surface area (Å²) in [4.78, 5) is 10.5. The van der Waals surface area contributed by atoms with Crippen LogP contribution in [0, 0.1) is 0 Å². The maximum Gasteiger partial charge on any atom is 0.234 e. The van der Waals surface area contributed by atoms with Gasteiger partial charge in [-0.3, -0.25) is 4.79 Å². The first-order valence-electron chi connectivity index (χ1n) is 3.41. The van der Waals surface area contributed by atoms with Crippen LogP contribution < -0.4 is 0 Å². The first-order valence-corrected chi connectivity index (χ1v) is 3.79. The van der Waals surface area contributed by atoms with Gasteiger partial charge in [0.1, 0.15) is 0 Å². The van der Waals surface area contributed by atoms with Crippen LogP contribution in [0.5, 0.6) is 0 Å². The molecule has 0 spiro atoms. The van der Waals surface area contributed by atoms with Gasteiger partial charge in [-0.25, -0.2) is 4.68 Å². The number of hydrogen-bond acceptors (Lipinski definition) is 2. The number of rotatable bonds is 1. The molecule has 1 aromatic heterocycles. The van der Waals surface area contributed by atoms with Gasteiger partial charge in [0.05, 0.1) is 5.52 Å². The van der Waals surface area contributed by atoms with Crippen LogP contribution in [0.15, 0.2) is 24.3 Å². The molecule has 0 N–H and O–H groups in total. The number of hydrogen-bond donors (Lipinski definition) is 0. The third-order valence-electron chi connectivity index (χ3n) is 1.67. The Bertz CT molecular complexity index is 436. The van der Waals surface area contributed by atoms with Crippen molar-refractivity contribution in [3.63, 3.8) is 0 Å². The fourth-order valence-corrected chi connectivity index (χ4v) is 1.37. The summed E-state index contributed by atoms with van der Waals surface area (Å²) in [5.74, 6) is 0. The first kappa shape index (κ1) is 7.31. The summed E-state index contributed by atoms with van der Waals surface area (Å²) in [5.41, 5.74) is 0.734. The predicted molar refractivity (Wildman–Crippen MR) is 46.9 cm³/mol. The highest BCUT2D eigenvalue weighted by molar-refractivity contribution is 6.34. The summed E-state index contributed by atoms with van der Waals surface area (Å²) >= 11 is 5.77. The normalized spacial score (nSPS) is 10.4. The molecule has 12 heavy (non-hydrogen) atoms. The molecule has 0 radical (unpaired) electrons. The zero-order chi connectivity index (χ0) is 8.55. The lowest BCUT2D eigenvalue weighted by Gasteiger charge is -1.88. The van der Waals surface area contributed by atoms with Crippen molar-refractivity contribution >= 4 is 28.9 Å². The van der Waals surface area contributed by atoms with Crippen molar-refractivity contribution in [1.82, 2.24) is 9.78 Å². The van der Waals surface area contributed by atoms with E-state index in [9.17, 15) is 4.79 Å². The second-order valence-corrected chi connectivity index (χ2v) is 2.72. The minimum absolute atomic E-state index is 0.359. The molecule has 0 saturated carbocycles. The molecule has 0 aliphatic carbocycles. The molecule has 1 heterocycles. The molecule has 0 amide bonds. The molecular weight excluding hydrogens is 176 g/mol. The summed E-state index contributed by atoms with van der Waals surface area (Å²) in [6.45, 7) is 0. The highest BCUT2D eigenvalue weighted by atomic mass is 35.5. The Kier molecular flexibility index (Phi) is 1.59. The molecule has 0 bridgehead atoms. The molecular formula is C8H5ClN2O. The summed E-state index contributed by atoms with van der Waals surface area (Å²) in [6.07, 6.45) is 0.633. The largest absolute Gasteiger partial charge is 0.276 e. The Labute approximate surface area is 73.6 Å². The van der Waals surface area contributed by atoms with Gasteiger partial charge < -0.3 is 0 Å². The van der Waals surface area contributed by atoms with Crippen LogP contribution in [0.2, 0.25) is 5.15 Å². The van der Waals surface area contributed by atoms with Gasteiger partial charge in [-0.15, -0.1) is 0 Å². The van der Waals surface area contributed by atoms with E-state index >= 15 is 0 Å². The molecule has 0 unspecified atom stereocenters. The zero-order valence-corrected chi connectivity index (χ0v) is 6.82. The number of benzene rings is 1. The molecule has 0 atom stereocenters. The highest BCUT2D eigenvalue weighted by Gasteiger charge is 2.05. The van der Waals surface area contributed by atoms with Gasteiger partial charge in [0, 0.05) is 5.39 Å². The van der Waals surface area contributed by atoms with Gasteiger partial charge in [0.2, 0.25) is 6.41 Å². The Morgan fingerprint density at radius 2 is 2.17 bits per heavy atom. The fraction of sp³-hybridized carbons (Fsp3) is 0. The zero-order valence-electron chi connectivity index (χ0n) is 6.07.